The highest BCUT2D eigenvalue weighted by molar-refractivity contribution is 5.54. The van der Waals surface area contributed by atoms with E-state index in [9.17, 15) is 0 Å². The standard InChI is InChI=1S/C12H17N/c1-4-5-6-7-11-8-9-13-12(11)10(2)3/h4-10,13H,1-3H3/b5-4-,7-6-. The molecule has 0 radical (unpaired) electrons. The van der Waals surface area contributed by atoms with Crippen LogP contribution in [0.25, 0.3) is 6.08 Å². The molecule has 0 fully saturated rings. The van der Waals surface area contributed by atoms with E-state index in [4.69, 9.17) is 0 Å². The van der Waals surface area contributed by atoms with Crippen LogP contribution in [-0.2, 0) is 0 Å². The van der Waals surface area contributed by atoms with E-state index in [-0.39, 0.29) is 0 Å². The van der Waals surface area contributed by atoms with Crippen LogP contribution in [0.3, 0.4) is 0 Å². The van der Waals surface area contributed by atoms with Crippen molar-refractivity contribution in [2.75, 3.05) is 0 Å². The van der Waals surface area contributed by atoms with Gasteiger partial charge in [-0.25, -0.2) is 0 Å². The average Bonchev–Trinajstić information content (AvgIpc) is 2.53. The largest absolute Gasteiger partial charge is 0.364 e. The first-order valence-corrected chi connectivity index (χ1v) is 4.72. The van der Waals surface area contributed by atoms with Crippen LogP contribution in [0.4, 0.5) is 0 Å². The molecular weight excluding hydrogens is 158 g/mol. The number of H-pyrrole nitrogens is 1. The minimum absolute atomic E-state index is 0.556. The normalized spacial score (nSPS) is 12.3. The molecule has 0 saturated heterocycles. The Balaban J connectivity index is 2.82. The second-order valence-corrected chi connectivity index (χ2v) is 3.39. The molecule has 0 amide bonds. The molecule has 1 aromatic rings. The van der Waals surface area contributed by atoms with E-state index in [1.54, 1.807) is 0 Å². The van der Waals surface area contributed by atoms with E-state index < -0.39 is 0 Å². The predicted octanol–water partition coefficient (Wildman–Crippen LogP) is 3.73. The highest BCUT2D eigenvalue weighted by atomic mass is 14.7. The van der Waals surface area contributed by atoms with Gasteiger partial charge in [0, 0.05) is 11.9 Å². The van der Waals surface area contributed by atoms with E-state index >= 15 is 0 Å². The van der Waals surface area contributed by atoms with Crippen LogP contribution < -0.4 is 0 Å². The van der Waals surface area contributed by atoms with Crippen LogP contribution >= 0.6 is 0 Å². The number of aromatic nitrogens is 1. The number of rotatable bonds is 3. The molecule has 0 spiro atoms. The smallest absolute Gasteiger partial charge is 0.0246 e. The van der Waals surface area contributed by atoms with Gasteiger partial charge in [0.25, 0.3) is 0 Å². The van der Waals surface area contributed by atoms with Gasteiger partial charge < -0.3 is 4.98 Å². The molecular formula is C12H17N. The fourth-order valence-corrected chi connectivity index (χ4v) is 1.31. The summed E-state index contributed by atoms with van der Waals surface area (Å²) in [6.07, 6.45) is 10.3. The van der Waals surface area contributed by atoms with Gasteiger partial charge in [-0.2, -0.15) is 0 Å². The summed E-state index contributed by atoms with van der Waals surface area (Å²) in [7, 11) is 0. The molecule has 0 aliphatic carbocycles. The van der Waals surface area contributed by atoms with Gasteiger partial charge in [-0.05, 0) is 24.5 Å². The van der Waals surface area contributed by atoms with Gasteiger partial charge in [0.1, 0.15) is 0 Å². The molecule has 1 rings (SSSR count). The molecule has 0 unspecified atom stereocenters. The first-order chi connectivity index (χ1) is 6.25. The number of hydrogen-bond donors (Lipinski definition) is 1. The van der Waals surface area contributed by atoms with E-state index in [1.807, 2.05) is 25.3 Å². The Labute approximate surface area is 80.2 Å². The van der Waals surface area contributed by atoms with Crippen LogP contribution in [0.2, 0.25) is 0 Å². The van der Waals surface area contributed by atoms with E-state index in [1.165, 1.54) is 11.3 Å². The molecule has 13 heavy (non-hydrogen) atoms. The Hall–Kier alpha value is -1.24. The topological polar surface area (TPSA) is 15.8 Å². The third kappa shape index (κ3) is 2.62. The molecule has 70 valence electrons. The van der Waals surface area contributed by atoms with Crippen molar-refractivity contribution < 1.29 is 0 Å². The Morgan fingerprint density at radius 3 is 2.69 bits per heavy atom. The Bertz CT molecular complexity index is 303. The summed E-state index contributed by atoms with van der Waals surface area (Å²) in [5.41, 5.74) is 2.59. The summed E-state index contributed by atoms with van der Waals surface area (Å²) in [5.74, 6) is 0.556. The van der Waals surface area contributed by atoms with E-state index in [0.717, 1.165) is 0 Å². The number of aromatic amines is 1. The molecule has 0 bridgehead atoms. The van der Waals surface area contributed by atoms with Gasteiger partial charge in [0.15, 0.2) is 0 Å². The van der Waals surface area contributed by atoms with Gasteiger partial charge in [0.2, 0.25) is 0 Å². The highest BCUT2D eigenvalue weighted by Gasteiger charge is 2.03. The minimum atomic E-state index is 0.556. The second kappa shape index (κ2) is 4.70. The zero-order chi connectivity index (χ0) is 9.68. The number of hydrogen-bond acceptors (Lipinski definition) is 0. The van der Waals surface area contributed by atoms with Crippen LogP contribution in [0, 0.1) is 0 Å². The fraction of sp³-hybridized carbons (Fsp3) is 0.333. The Morgan fingerprint density at radius 2 is 2.08 bits per heavy atom. The number of nitrogens with one attached hydrogen (secondary N) is 1. The summed E-state index contributed by atoms with van der Waals surface area (Å²) in [6.45, 7) is 6.41. The van der Waals surface area contributed by atoms with Crippen LogP contribution in [0.5, 0.6) is 0 Å². The number of allylic oxidation sites excluding steroid dienone is 3. The average molecular weight is 175 g/mol. The molecule has 1 heterocycles. The maximum absolute atomic E-state index is 3.26. The van der Waals surface area contributed by atoms with Crippen molar-refractivity contribution in [3.8, 4) is 0 Å². The molecule has 0 atom stereocenters. The Kier molecular flexibility index (Phi) is 3.56. The lowest BCUT2D eigenvalue weighted by Gasteiger charge is -2.02. The zero-order valence-electron chi connectivity index (χ0n) is 8.54. The molecule has 0 aromatic carbocycles. The summed E-state index contributed by atoms with van der Waals surface area (Å²) in [4.78, 5) is 3.26. The fourth-order valence-electron chi connectivity index (χ4n) is 1.31. The van der Waals surface area contributed by atoms with Crippen molar-refractivity contribution in [3.63, 3.8) is 0 Å². The summed E-state index contributed by atoms with van der Waals surface area (Å²) >= 11 is 0. The summed E-state index contributed by atoms with van der Waals surface area (Å²) < 4.78 is 0. The maximum atomic E-state index is 3.26. The van der Waals surface area contributed by atoms with Gasteiger partial charge in [-0.1, -0.05) is 38.2 Å². The minimum Gasteiger partial charge on any atom is -0.364 e. The van der Waals surface area contributed by atoms with Gasteiger partial charge in [0.05, 0.1) is 0 Å². The molecule has 1 N–H and O–H groups in total. The molecule has 1 nitrogen and oxygen atoms in total. The van der Waals surface area contributed by atoms with Gasteiger partial charge in [-0.3, -0.25) is 0 Å². The van der Waals surface area contributed by atoms with Gasteiger partial charge >= 0.3 is 0 Å². The third-order valence-corrected chi connectivity index (χ3v) is 1.97. The Morgan fingerprint density at radius 1 is 1.31 bits per heavy atom. The molecule has 0 aliphatic heterocycles. The van der Waals surface area contributed by atoms with Crippen molar-refractivity contribution in [3.05, 3.63) is 41.7 Å². The summed E-state index contributed by atoms with van der Waals surface area (Å²) in [5, 5.41) is 0. The highest BCUT2D eigenvalue weighted by Crippen LogP contribution is 2.18. The molecule has 1 heteroatoms. The quantitative estimate of drug-likeness (QED) is 0.674. The summed E-state index contributed by atoms with van der Waals surface area (Å²) in [6, 6.07) is 2.11. The van der Waals surface area contributed by atoms with E-state index in [0.29, 0.717) is 5.92 Å². The van der Waals surface area contributed by atoms with E-state index in [2.05, 4.69) is 37.0 Å². The first kappa shape index (κ1) is 9.85. The predicted molar refractivity (Wildman–Crippen MR) is 58.7 cm³/mol. The van der Waals surface area contributed by atoms with Gasteiger partial charge in [-0.15, -0.1) is 0 Å². The SMILES string of the molecule is C/C=C\C=C/c1cc[nH]c1C(C)C. The molecule has 1 aromatic heterocycles. The van der Waals surface area contributed by atoms with Crippen molar-refractivity contribution in [1.29, 1.82) is 0 Å². The van der Waals surface area contributed by atoms with Crippen LogP contribution in [-0.4, -0.2) is 4.98 Å². The maximum Gasteiger partial charge on any atom is 0.0246 e. The lowest BCUT2D eigenvalue weighted by molar-refractivity contribution is 0.830. The monoisotopic (exact) mass is 175 g/mol. The third-order valence-electron chi connectivity index (χ3n) is 1.97. The molecule has 0 saturated carbocycles. The van der Waals surface area contributed by atoms with Crippen LogP contribution in [0.15, 0.2) is 30.5 Å². The zero-order valence-corrected chi connectivity index (χ0v) is 8.54. The lowest BCUT2D eigenvalue weighted by Crippen LogP contribution is -1.88. The second-order valence-electron chi connectivity index (χ2n) is 3.39. The van der Waals surface area contributed by atoms with Crippen molar-refractivity contribution >= 4 is 6.08 Å². The first-order valence-electron chi connectivity index (χ1n) is 4.72. The van der Waals surface area contributed by atoms with Crippen molar-refractivity contribution in [2.45, 2.75) is 26.7 Å². The van der Waals surface area contributed by atoms with Crippen molar-refractivity contribution in [1.82, 2.24) is 4.98 Å². The lowest BCUT2D eigenvalue weighted by atomic mass is 10.1. The van der Waals surface area contributed by atoms with Crippen molar-refractivity contribution in [2.24, 2.45) is 0 Å². The molecule has 0 aliphatic rings. The van der Waals surface area contributed by atoms with Crippen LogP contribution in [0.1, 0.15) is 37.9 Å².